The van der Waals surface area contributed by atoms with Crippen LogP contribution in [0.2, 0.25) is 0 Å². The molecule has 0 amide bonds. The van der Waals surface area contributed by atoms with Crippen LogP contribution in [0.1, 0.15) is 25.7 Å². The molecule has 0 saturated carbocycles. The van der Waals surface area contributed by atoms with E-state index in [0.29, 0.717) is 11.8 Å². The first-order valence-electron chi connectivity index (χ1n) is 5.23. The van der Waals surface area contributed by atoms with Gasteiger partial charge in [0.1, 0.15) is 0 Å². The lowest BCUT2D eigenvalue weighted by atomic mass is 9.82. The average Bonchev–Trinajstić information content (AvgIpc) is 2.17. The van der Waals surface area contributed by atoms with Crippen LogP contribution in [0, 0.1) is 11.8 Å². The zero-order valence-corrected chi connectivity index (χ0v) is 9.12. The van der Waals surface area contributed by atoms with Gasteiger partial charge in [-0.3, -0.25) is 0 Å². The minimum atomic E-state index is 0.640. The molecule has 0 spiro atoms. The van der Waals surface area contributed by atoms with Gasteiger partial charge < -0.3 is 0 Å². The molecule has 0 aromatic heterocycles. The van der Waals surface area contributed by atoms with Crippen molar-refractivity contribution < 1.29 is 0 Å². The Morgan fingerprint density at radius 3 is 0.929 bits per heavy atom. The first-order valence-corrected chi connectivity index (χ1v) is 5.23. The summed E-state index contributed by atoms with van der Waals surface area (Å²) in [5, 5.41) is 0. The van der Waals surface area contributed by atoms with Crippen LogP contribution in [0.3, 0.4) is 0 Å². The molecule has 0 rings (SSSR count). The summed E-state index contributed by atoms with van der Waals surface area (Å²) in [5.41, 5.74) is 0. The second kappa shape index (κ2) is 8.55. The standard InChI is InChI=1S/C14H22/c1-5-9-13(10-6-2)14(11-7-3)12-8-4/h5-8,13-14H,1-4,9-12H2. The molecule has 0 aliphatic rings. The van der Waals surface area contributed by atoms with E-state index >= 15 is 0 Å². The molecule has 0 bridgehead atoms. The fourth-order valence-corrected chi connectivity index (χ4v) is 1.82. The van der Waals surface area contributed by atoms with E-state index < -0.39 is 0 Å². The zero-order chi connectivity index (χ0) is 10.8. The van der Waals surface area contributed by atoms with Crippen LogP contribution in [0.25, 0.3) is 0 Å². The molecule has 0 aliphatic carbocycles. The van der Waals surface area contributed by atoms with Crippen LogP contribution in [0.4, 0.5) is 0 Å². The Balaban J connectivity index is 4.32. The van der Waals surface area contributed by atoms with E-state index in [0.717, 1.165) is 25.7 Å². The molecule has 0 aliphatic heterocycles. The van der Waals surface area contributed by atoms with Crippen molar-refractivity contribution in [2.24, 2.45) is 11.8 Å². The van der Waals surface area contributed by atoms with Gasteiger partial charge in [-0.25, -0.2) is 0 Å². The smallest absolute Gasteiger partial charge is 0.0311 e. The van der Waals surface area contributed by atoms with Gasteiger partial charge in [-0.1, -0.05) is 24.3 Å². The fraction of sp³-hybridized carbons (Fsp3) is 0.429. The fourth-order valence-electron chi connectivity index (χ4n) is 1.82. The van der Waals surface area contributed by atoms with E-state index in [1.807, 2.05) is 24.3 Å². The molecular formula is C14H22. The Bertz CT molecular complexity index is 146. The molecular weight excluding hydrogens is 168 g/mol. The van der Waals surface area contributed by atoms with Crippen molar-refractivity contribution in [2.45, 2.75) is 25.7 Å². The van der Waals surface area contributed by atoms with Gasteiger partial charge in [0.15, 0.2) is 0 Å². The van der Waals surface area contributed by atoms with Crippen LogP contribution in [0.5, 0.6) is 0 Å². The number of hydrogen-bond donors (Lipinski definition) is 0. The Morgan fingerprint density at radius 2 is 0.786 bits per heavy atom. The van der Waals surface area contributed by atoms with Gasteiger partial charge in [0.2, 0.25) is 0 Å². The van der Waals surface area contributed by atoms with E-state index in [4.69, 9.17) is 0 Å². The van der Waals surface area contributed by atoms with Gasteiger partial charge in [-0.2, -0.15) is 0 Å². The summed E-state index contributed by atoms with van der Waals surface area (Å²) in [4.78, 5) is 0. The van der Waals surface area contributed by atoms with Crippen molar-refractivity contribution in [1.82, 2.24) is 0 Å². The zero-order valence-electron chi connectivity index (χ0n) is 9.12. The molecule has 0 radical (unpaired) electrons. The Morgan fingerprint density at radius 1 is 0.571 bits per heavy atom. The largest absolute Gasteiger partial charge is 0.103 e. The highest BCUT2D eigenvalue weighted by Gasteiger charge is 2.16. The van der Waals surface area contributed by atoms with Gasteiger partial charge >= 0.3 is 0 Å². The maximum atomic E-state index is 3.80. The van der Waals surface area contributed by atoms with Crippen LogP contribution in [-0.4, -0.2) is 0 Å². The van der Waals surface area contributed by atoms with Crippen LogP contribution >= 0.6 is 0 Å². The Kier molecular flexibility index (Phi) is 7.92. The molecule has 0 saturated heterocycles. The topological polar surface area (TPSA) is 0 Å². The molecule has 0 fully saturated rings. The molecule has 0 unspecified atom stereocenters. The highest BCUT2D eigenvalue weighted by atomic mass is 14.2. The van der Waals surface area contributed by atoms with Crippen LogP contribution < -0.4 is 0 Å². The van der Waals surface area contributed by atoms with Crippen LogP contribution in [0.15, 0.2) is 50.6 Å². The second-order valence-electron chi connectivity index (χ2n) is 3.62. The maximum Gasteiger partial charge on any atom is -0.0311 e. The minimum Gasteiger partial charge on any atom is -0.103 e. The van der Waals surface area contributed by atoms with Gasteiger partial charge in [-0.15, -0.1) is 26.3 Å². The minimum absolute atomic E-state index is 0.640. The molecule has 0 heterocycles. The highest BCUT2D eigenvalue weighted by Crippen LogP contribution is 2.27. The third-order valence-electron chi connectivity index (χ3n) is 2.54. The first-order chi connectivity index (χ1) is 6.79. The molecule has 0 nitrogen and oxygen atoms in total. The number of rotatable bonds is 9. The molecule has 0 N–H and O–H groups in total. The lowest BCUT2D eigenvalue weighted by molar-refractivity contribution is 0.342. The quantitative estimate of drug-likeness (QED) is 0.469. The average molecular weight is 190 g/mol. The van der Waals surface area contributed by atoms with Crippen LogP contribution in [-0.2, 0) is 0 Å². The lowest BCUT2D eigenvalue weighted by Gasteiger charge is -2.23. The molecule has 0 aromatic carbocycles. The summed E-state index contributed by atoms with van der Waals surface area (Å²) < 4.78 is 0. The SMILES string of the molecule is C=CCC(CC=C)C(CC=C)CC=C. The first kappa shape index (κ1) is 13.0. The Labute approximate surface area is 88.7 Å². The predicted molar refractivity (Wildman–Crippen MR) is 66.2 cm³/mol. The van der Waals surface area contributed by atoms with Crippen molar-refractivity contribution in [3.8, 4) is 0 Å². The third-order valence-corrected chi connectivity index (χ3v) is 2.54. The van der Waals surface area contributed by atoms with Crippen molar-refractivity contribution in [1.29, 1.82) is 0 Å². The van der Waals surface area contributed by atoms with Gasteiger partial charge in [0.05, 0.1) is 0 Å². The van der Waals surface area contributed by atoms with E-state index in [2.05, 4.69) is 26.3 Å². The van der Waals surface area contributed by atoms with Gasteiger partial charge in [0.25, 0.3) is 0 Å². The summed E-state index contributed by atoms with van der Waals surface area (Å²) in [6.07, 6.45) is 12.2. The number of allylic oxidation sites excluding steroid dienone is 4. The van der Waals surface area contributed by atoms with E-state index in [1.165, 1.54) is 0 Å². The lowest BCUT2D eigenvalue weighted by Crippen LogP contribution is -2.12. The maximum absolute atomic E-state index is 3.80. The summed E-state index contributed by atoms with van der Waals surface area (Å²) in [6.45, 7) is 15.2. The molecule has 0 heteroatoms. The highest BCUT2D eigenvalue weighted by molar-refractivity contribution is 4.89. The molecule has 0 atom stereocenters. The van der Waals surface area contributed by atoms with Crippen molar-refractivity contribution in [3.05, 3.63) is 50.6 Å². The van der Waals surface area contributed by atoms with E-state index in [1.54, 1.807) is 0 Å². The Hall–Kier alpha value is -1.04. The monoisotopic (exact) mass is 190 g/mol. The summed E-state index contributed by atoms with van der Waals surface area (Å²) in [6, 6.07) is 0. The van der Waals surface area contributed by atoms with Crippen molar-refractivity contribution in [2.75, 3.05) is 0 Å². The third kappa shape index (κ3) is 4.86. The van der Waals surface area contributed by atoms with E-state index in [-0.39, 0.29) is 0 Å². The number of hydrogen-bond acceptors (Lipinski definition) is 0. The normalized spacial score (nSPS) is 10.1. The summed E-state index contributed by atoms with van der Waals surface area (Å²) >= 11 is 0. The summed E-state index contributed by atoms with van der Waals surface area (Å²) in [5.74, 6) is 1.28. The molecule has 14 heavy (non-hydrogen) atoms. The predicted octanol–water partition coefficient (Wildman–Crippen LogP) is 4.52. The summed E-state index contributed by atoms with van der Waals surface area (Å²) in [7, 11) is 0. The van der Waals surface area contributed by atoms with Crippen molar-refractivity contribution in [3.63, 3.8) is 0 Å². The van der Waals surface area contributed by atoms with Crippen molar-refractivity contribution >= 4 is 0 Å². The molecule has 78 valence electrons. The van der Waals surface area contributed by atoms with E-state index in [9.17, 15) is 0 Å². The second-order valence-corrected chi connectivity index (χ2v) is 3.62. The van der Waals surface area contributed by atoms with Gasteiger partial charge in [0, 0.05) is 0 Å². The molecule has 0 aromatic rings. The van der Waals surface area contributed by atoms with Gasteiger partial charge in [-0.05, 0) is 37.5 Å².